The van der Waals surface area contributed by atoms with Gasteiger partial charge in [0.15, 0.2) is 0 Å². The average molecular weight is 341 g/mol. The zero-order chi connectivity index (χ0) is 14.7. The first kappa shape index (κ1) is 14.7. The highest BCUT2D eigenvalue weighted by Crippen LogP contribution is 2.40. The maximum absolute atomic E-state index is 13.8. The van der Waals surface area contributed by atoms with Crippen molar-refractivity contribution in [2.75, 3.05) is 14.2 Å². The normalized spacial score (nSPS) is 12.1. The number of benzene rings is 1. The second-order valence-electron chi connectivity index (χ2n) is 4.08. The fourth-order valence-corrected chi connectivity index (χ4v) is 2.65. The lowest BCUT2D eigenvalue weighted by Gasteiger charge is -2.19. The van der Waals surface area contributed by atoms with Gasteiger partial charge in [0.05, 0.1) is 26.5 Å². The molecule has 20 heavy (non-hydrogen) atoms. The van der Waals surface area contributed by atoms with Crippen molar-refractivity contribution in [1.29, 1.82) is 0 Å². The number of hydrogen-bond donors (Lipinski definition) is 1. The lowest BCUT2D eigenvalue weighted by molar-refractivity contribution is 0.384. The van der Waals surface area contributed by atoms with Gasteiger partial charge in [-0.1, -0.05) is 0 Å². The molecule has 0 radical (unpaired) electrons. The Morgan fingerprint density at radius 3 is 2.55 bits per heavy atom. The van der Waals surface area contributed by atoms with Crippen molar-refractivity contribution in [3.8, 4) is 11.5 Å². The predicted molar refractivity (Wildman–Crippen MR) is 77.5 cm³/mol. The van der Waals surface area contributed by atoms with Gasteiger partial charge in [-0.25, -0.2) is 4.39 Å². The number of pyridine rings is 1. The molecule has 0 aliphatic heterocycles. The van der Waals surface area contributed by atoms with Gasteiger partial charge in [-0.15, -0.1) is 0 Å². The number of ether oxygens (including phenoxy) is 2. The zero-order valence-electron chi connectivity index (χ0n) is 11.1. The smallest absolute Gasteiger partial charge is 0.146 e. The number of hydrogen-bond acceptors (Lipinski definition) is 4. The third-order valence-corrected chi connectivity index (χ3v) is 3.74. The zero-order valence-corrected chi connectivity index (χ0v) is 12.6. The molecule has 2 rings (SSSR count). The van der Waals surface area contributed by atoms with Crippen molar-refractivity contribution in [3.05, 3.63) is 52.0 Å². The van der Waals surface area contributed by atoms with E-state index in [-0.39, 0.29) is 0 Å². The molecule has 1 atom stereocenters. The quantitative estimate of drug-likeness (QED) is 0.929. The summed E-state index contributed by atoms with van der Waals surface area (Å²) in [5.74, 6) is 0.690. The van der Waals surface area contributed by atoms with E-state index in [4.69, 9.17) is 15.2 Å². The van der Waals surface area contributed by atoms with Crippen LogP contribution in [-0.2, 0) is 0 Å². The minimum Gasteiger partial charge on any atom is -0.495 e. The number of nitrogens with zero attached hydrogens (tertiary/aromatic N) is 1. The standard InChI is InChI=1S/C14H14BrFN2O2/c1-19-11-4-3-9(14(20-2)12(11)15)13(17)8-5-6-18-7-10(8)16/h3-7,13H,17H2,1-2H3. The minimum atomic E-state index is -0.657. The predicted octanol–water partition coefficient (Wildman–Crippen LogP) is 3.05. The summed E-state index contributed by atoms with van der Waals surface area (Å²) in [7, 11) is 3.08. The number of rotatable bonds is 4. The van der Waals surface area contributed by atoms with E-state index in [9.17, 15) is 4.39 Å². The van der Waals surface area contributed by atoms with Crippen LogP contribution in [0.2, 0.25) is 0 Å². The summed E-state index contributed by atoms with van der Waals surface area (Å²) < 4.78 is 25.0. The molecule has 4 nitrogen and oxygen atoms in total. The van der Waals surface area contributed by atoms with E-state index in [2.05, 4.69) is 20.9 Å². The molecule has 1 heterocycles. The van der Waals surface area contributed by atoms with Gasteiger partial charge in [-0.2, -0.15) is 0 Å². The maximum atomic E-state index is 13.8. The summed E-state index contributed by atoms with van der Waals surface area (Å²) in [6.45, 7) is 0. The Kier molecular flexibility index (Phi) is 4.57. The molecule has 1 unspecified atom stereocenters. The van der Waals surface area contributed by atoms with Crippen molar-refractivity contribution in [1.82, 2.24) is 4.98 Å². The highest BCUT2D eigenvalue weighted by Gasteiger charge is 2.21. The second kappa shape index (κ2) is 6.19. The van der Waals surface area contributed by atoms with Crippen LogP contribution < -0.4 is 15.2 Å². The van der Waals surface area contributed by atoms with Gasteiger partial charge >= 0.3 is 0 Å². The van der Waals surface area contributed by atoms with Crippen molar-refractivity contribution < 1.29 is 13.9 Å². The van der Waals surface area contributed by atoms with Crippen LogP contribution in [0.5, 0.6) is 11.5 Å². The van der Waals surface area contributed by atoms with Crippen LogP contribution in [0, 0.1) is 5.82 Å². The largest absolute Gasteiger partial charge is 0.495 e. The Balaban J connectivity index is 2.53. The minimum absolute atomic E-state index is 0.357. The first-order valence-electron chi connectivity index (χ1n) is 5.85. The highest BCUT2D eigenvalue weighted by atomic mass is 79.9. The summed E-state index contributed by atoms with van der Waals surface area (Å²) in [5.41, 5.74) is 7.16. The molecule has 2 aromatic rings. The van der Waals surface area contributed by atoms with Crippen LogP contribution in [0.25, 0.3) is 0 Å². The van der Waals surface area contributed by atoms with Crippen molar-refractivity contribution in [3.63, 3.8) is 0 Å². The van der Waals surface area contributed by atoms with E-state index in [1.807, 2.05) is 0 Å². The Morgan fingerprint density at radius 2 is 1.95 bits per heavy atom. The molecule has 2 N–H and O–H groups in total. The third kappa shape index (κ3) is 2.62. The van der Waals surface area contributed by atoms with Crippen LogP contribution in [0.3, 0.4) is 0 Å². The SMILES string of the molecule is COc1ccc(C(N)c2ccncc2F)c(OC)c1Br. The lowest BCUT2D eigenvalue weighted by atomic mass is 9.99. The molecule has 0 fully saturated rings. The Labute approximate surface area is 124 Å². The van der Waals surface area contributed by atoms with Crippen molar-refractivity contribution in [2.24, 2.45) is 5.73 Å². The second-order valence-corrected chi connectivity index (χ2v) is 4.87. The van der Waals surface area contributed by atoms with Crippen LogP contribution in [0.1, 0.15) is 17.2 Å². The molecular formula is C14H14BrFN2O2. The van der Waals surface area contributed by atoms with Gasteiger partial charge in [0, 0.05) is 17.3 Å². The van der Waals surface area contributed by atoms with E-state index in [0.717, 1.165) is 6.20 Å². The Morgan fingerprint density at radius 1 is 1.20 bits per heavy atom. The molecule has 0 aliphatic carbocycles. The van der Waals surface area contributed by atoms with Crippen molar-refractivity contribution >= 4 is 15.9 Å². The molecule has 1 aromatic carbocycles. The van der Waals surface area contributed by atoms with Gasteiger partial charge in [-0.05, 0) is 34.1 Å². The van der Waals surface area contributed by atoms with Crippen LogP contribution in [-0.4, -0.2) is 19.2 Å². The number of halogens is 2. The van der Waals surface area contributed by atoms with Gasteiger partial charge in [0.25, 0.3) is 0 Å². The number of aromatic nitrogens is 1. The molecule has 106 valence electrons. The topological polar surface area (TPSA) is 57.4 Å². The van der Waals surface area contributed by atoms with E-state index in [0.29, 0.717) is 27.1 Å². The van der Waals surface area contributed by atoms with Gasteiger partial charge < -0.3 is 15.2 Å². The molecule has 0 amide bonds. The summed E-state index contributed by atoms with van der Waals surface area (Å²) >= 11 is 3.40. The lowest BCUT2D eigenvalue weighted by Crippen LogP contribution is -2.15. The van der Waals surface area contributed by atoms with Crippen molar-refractivity contribution in [2.45, 2.75) is 6.04 Å². The Bertz CT molecular complexity index is 622. The summed E-state index contributed by atoms with van der Waals surface area (Å²) in [6, 6.07) is 4.40. The monoisotopic (exact) mass is 340 g/mol. The maximum Gasteiger partial charge on any atom is 0.146 e. The van der Waals surface area contributed by atoms with Gasteiger partial charge in [0.1, 0.15) is 21.8 Å². The van der Waals surface area contributed by atoms with E-state index >= 15 is 0 Å². The molecule has 0 saturated carbocycles. The van der Waals surface area contributed by atoms with Gasteiger partial charge in [0.2, 0.25) is 0 Å². The Hall–Kier alpha value is -1.66. The number of nitrogens with two attached hydrogens (primary N) is 1. The van der Waals surface area contributed by atoms with E-state index in [1.54, 1.807) is 25.3 Å². The molecule has 0 aliphatic rings. The molecule has 6 heteroatoms. The molecule has 0 bridgehead atoms. The van der Waals surface area contributed by atoms with Crippen LogP contribution >= 0.6 is 15.9 Å². The summed E-state index contributed by atoms with van der Waals surface area (Å²) in [4.78, 5) is 3.72. The fraction of sp³-hybridized carbons (Fsp3) is 0.214. The summed E-state index contributed by atoms with van der Waals surface area (Å²) in [5, 5.41) is 0. The molecule has 1 aromatic heterocycles. The highest BCUT2D eigenvalue weighted by molar-refractivity contribution is 9.10. The van der Waals surface area contributed by atoms with E-state index < -0.39 is 11.9 Å². The van der Waals surface area contributed by atoms with Crippen LogP contribution in [0.4, 0.5) is 4.39 Å². The first-order chi connectivity index (χ1) is 9.60. The first-order valence-corrected chi connectivity index (χ1v) is 6.64. The van der Waals surface area contributed by atoms with E-state index in [1.165, 1.54) is 13.3 Å². The molecular weight excluding hydrogens is 327 g/mol. The van der Waals surface area contributed by atoms with Gasteiger partial charge in [-0.3, -0.25) is 4.98 Å². The van der Waals surface area contributed by atoms with Crippen LogP contribution in [0.15, 0.2) is 35.1 Å². The average Bonchev–Trinajstić information content (AvgIpc) is 2.46. The fourth-order valence-electron chi connectivity index (χ4n) is 1.97. The summed E-state index contributed by atoms with van der Waals surface area (Å²) in [6.07, 6.45) is 2.64. The molecule has 0 spiro atoms. The number of methoxy groups -OCH3 is 2. The molecule has 0 saturated heterocycles. The third-order valence-electron chi connectivity index (χ3n) is 2.99.